The summed E-state index contributed by atoms with van der Waals surface area (Å²) in [6.07, 6.45) is 9.07. The average Bonchev–Trinajstić information content (AvgIpc) is 3.04. The molecular weight excluding hydrogens is 571 g/mol. The minimum Gasteiger partial charge on any atom is -0.418 e. The molecule has 0 aromatic heterocycles. The minimum absolute atomic E-state index is 0.0159. The van der Waals surface area contributed by atoms with Crippen molar-refractivity contribution < 1.29 is 13.6 Å². The van der Waals surface area contributed by atoms with E-state index >= 15 is 0 Å². The van der Waals surface area contributed by atoms with E-state index in [0.29, 0.717) is 0 Å². The average molecular weight is 627 g/mol. The van der Waals surface area contributed by atoms with Crippen molar-refractivity contribution in [2.45, 2.75) is 136 Å². The van der Waals surface area contributed by atoms with Crippen molar-refractivity contribution in [3.05, 3.63) is 83.4 Å². The molecule has 0 bridgehead atoms. The molecule has 1 unspecified atom stereocenters. The third-order valence-corrected chi connectivity index (χ3v) is 12.0. The second-order valence-corrected chi connectivity index (χ2v) is 16.1. The molecule has 0 spiro atoms. The highest BCUT2D eigenvalue weighted by Crippen LogP contribution is 2.50. The predicted molar refractivity (Wildman–Crippen MR) is 194 cm³/mol. The van der Waals surface area contributed by atoms with Gasteiger partial charge in [-0.1, -0.05) is 124 Å². The lowest BCUT2D eigenvalue weighted by Gasteiger charge is -2.33. The van der Waals surface area contributed by atoms with Gasteiger partial charge in [-0.2, -0.15) is 0 Å². The van der Waals surface area contributed by atoms with Crippen LogP contribution in [-0.2, 0) is 20.8 Å². The first-order valence-electron chi connectivity index (χ1n) is 17.3. The van der Waals surface area contributed by atoms with Gasteiger partial charge >= 0.3 is 8.60 Å². The van der Waals surface area contributed by atoms with E-state index < -0.39 is 8.60 Å². The molecule has 0 aliphatic heterocycles. The Kier molecular flexibility index (Phi) is 10.2. The molecule has 1 atom stereocenters. The van der Waals surface area contributed by atoms with Crippen LogP contribution in [0.3, 0.4) is 0 Å². The van der Waals surface area contributed by atoms with Gasteiger partial charge < -0.3 is 9.05 Å². The Hall–Kier alpha value is -2.61. The molecule has 4 aromatic rings. The molecule has 1 aliphatic carbocycles. The molecule has 0 amide bonds. The largest absolute Gasteiger partial charge is 0.463 e. The third kappa shape index (κ3) is 7.52. The van der Waals surface area contributed by atoms with Crippen molar-refractivity contribution >= 4 is 30.1 Å². The molecule has 0 saturated heterocycles. The van der Waals surface area contributed by atoms with Crippen molar-refractivity contribution in [2.24, 2.45) is 0 Å². The van der Waals surface area contributed by atoms with Crippen LogP contribution in [0.15, 0.2) is 66.7 Å². The Morgan fingerprint density at radius 3 is 1.93 bits per heavy atom. The maximum Gasteiger partial charge on any atom is 0.463 e. The molecular formula is C41H55O3P. The molecule has 4 aromatic carbocycles. The summed E-state index contributed by atoms with van der Waals surface area (Å²) < 4.78 is 20.4. The van der Waals surface area contributed by atoms with E-state index in [4.69, 9.17) is 13.6 Å². The van der Waals surface area contributed by atoms with Crippen LogP contribution in [0.5, 0.6) is 11.5 Å². The van der Waals surface area contributed by atoms with Crippen molar-refractivity contribution in [1.82, 2.24) is 0 Å². The Morgan fingerprint density at radius 2 is 1.27 bits per heavy atom. The fourth-order valence-electron chi connectivity index (χ4n) is 6.28. The zero-order chi connectivity index (χ0) is 32.4. The van der Waals surface area contributed by atoms with Gasteiger partial charge in [0.1, 0.15) is 11.5 Å². The van der Waals surface area contributed by atoms with Crippen molar-refractivity contribution in [2.75, 3.05) is 0 Å². The first-order chi connectivity index (χ1) is 21.4. The quantitative estimate of drug-likeness (QED) is 0.146. The molecule has 5 rings (SSSR count). The number of fused-ring (bicyclic) bond motifs is 2. The Labute approximate surface area is 274 Å². The summed E-state index contributed by atoms with van der Waals surface area (Å²) in [5.41, 5.74) is 4.03. The molecule has 0 heterocycles. The van der Waals surface area contributed by atoms with Crippen LogP contribution in [0.25, 0.3) is 21.5 Å². The van der Waals surface area contributed by atoms with Crippen LogP contribution in [0, 0.1) is 0 Å². The first-order valence-corrected chi connectivity index (χ1v) is 18.4. The molecule has 1 fully saturated rings. The standard InChI is InChI=1S/C41H55O3P/c1-10-39(4,5)32-24-31-26-37(41(8,9)12-3)38(28-35(31)36(27-32)40(6,7)11-2)44-45(42-33-20-14-13-15-21-33)43-34-23-22-29-18-16-17-19-30(29)25-34/h16-19,22-28,33H,10-15,20-21H2,1-9H3. The zero-order valence-corrected chi connectivity index (χ0v) is 30.2. The second-order valence-electron chi connectivity index (χ2n) is 15.1. The highest BCUT2D eigenvalue weighted by atomic mass is 31.2. The van der Waals surface area contributed by atoms with E-state index in [1.54, 1.807) is 0 Å². The van der Waals surface area contributed by atoms with E-state index in [2.05, 4.69) is 123 Å². The zero-order valence-electron chi connectivity index (χ0n) is 29.3. The molecule has 45 heavy (non-hydrogen) atoms. The molecule has 0 radical (unpaired) electrons. The molecule has 1 aliphatic rings. The van der Waals surface area contributed by atoms with E-state index in [1.807, 2.05) is 6.07 Å². The summed E-state index contributed by atoms with van der Waals surface area (Å²) in [6, 6.07) is 24.3. The van der Waals surface area contributed by atoms with Gasteiger partial charge in [0.05, 0.1) is 6.10 Å². The Morgan fingerprint density at radius 1 is 0.622 bits per heavy atom. The van der Waals surface area contributed by atoms with Crippen LogP contribution in [0.2, 0.25) is 0 Å². The summed E-state index contributed by atoms with van der Waals surface area (Å²) >= 11 is 0. The molecule has 4 heteroatoms. The number of hydrogen-bond donors (Lipinski definition) is 0. The molecule has 242 valence electrons. The smallest absolute Gasteiger partial charge is 0.418 e. The molecule has 0 N–H and O–H groups in total. The lowest BCUT2D eigenvalue weighted by atomic mass is 9.73. The van der Waals surface area contributed by atoms with Gasteiger partial charge in [-0.3, -0.25) is 4.52 Å². The van der Waals surface area contributed by atoms with Crippen LogP contribution in [0.1, 0.15) is 130 Å². The summed E-state index contributed by atoms with van der Waals surface area (Å²) in [4.78, 5) is 0. The Balaban J connectivity index is 1.64. The lowest BCUT2D eigenvalue weighted by molar-refractivity contribution is 0.138. The van der Waals surface area contributed by atoms with Gasteiger partial charge in [0.2, 0.25) is 0 Å². The maximum atomic E-state index is 7.00. The second kappa shape index (κ2) is 13.6. The topological polar surface area (TPSA) is 27.7 Å². The number of benzene rings is 4. The summed E-state index contributed by atoms with van der Waals surface area (Å²) in [5, 5.41) is 4.91. The third-order valence-electron chi connectivity index (χ3n) is 10.8. The van der Waals surface area contributed by atoms with Gasteiger partial charge in [-0.15, -0.1) is 0 Å². The van der Waals surface area contributed by atoms with Crippen LogP contribution in [-0.4, -0.2) is 6.10 Å². The predicted octanol–water partition coefficient (Wildman–Crippen LogP) is 13.1. The molecule has 1 saturated carbocycles. The van der Waals surface area contributed by atoms with Crippen LogP contribution in [0.4, 0.5) is 0 Å². The monoisotopic (exact) mass is 626 g/mol. The van der Waals surface area contributed by atoms with E-state index in [9.17, 15) is 0 Å². The highest BCUT2D eigenvalue weighted by Gasteiger charge is 2.32. The van der Waals surface area contributed by atoms with E-state index in [0.717, 1.165) is 49.0 Å². The van der Waals surface area contributed by atoms with Gasteiger partial charge in [-0.05, 0) is 105 Å². The van der Waals surface area contributed by atoms with Gasteiger partial charge in [0.15, 0.2) is 0 Å². The first kappa shape index (κ1) is 33.7. The van der Waals surface area contributed by atoms with Crippen molar-refractivity contribution in [1.29, 1.82) is 0 Å². The van der Waals surface area contributed by atoms with Gasteiger partial charge in [-0.25, -0.2) is 0 Å². The normalized spacial score (nSPS) is 15.8. The summed E-state index contributed by atoms with van der Waals surface area (Å²) in [7, 11) is -1.68. The summed E-state index contributed by atoms with van der Waals surface area (Å²) in [6.45, 7) is 21.0. The van der Waals surface area contributed by atoms with Crippen molar-refractivity contribution in [3.63, 3.8) is 0 Å². The fourth-order valence-corrected chi connectivity index (χ4v) is 7.45. The van der Waals surface area contributed by atoms with Crippen molar-refractivity contribution in [3.8, 4) is 11.5 Å². The maximum absolute atomic E-state index is 7.00. The SMILES string of the molecule is CCC(C)(C)c1cc(C(C)(C)CC)c2cc(OP(Oc3ccc4ccccc4c3)OC3CCCCC3)c(C(C)(C)CC)cc2c1. The van der Waals surface area contributed by atoms with E-state index in [-0.39, 0.29) is 22.3 Å². The molecule has 3 nitrogen and oxygen atoms in total. The fraction of sp³-hybridized carbons (Fsp3) is 0.512. The van der Waals surface area contributed by atoms with E-state index in [1.165, 1.54) is 52.1 Å². The highest BCUT2D eigenvalue weighted by molar-refractivity contribution is 7.42. The number of rotatable bonds is 12. The van der Waals surface area contributed by atoms with Gasteiger partial charge in [0.25, 0.3) is 0 Å². The number of hydrogen-bond acceptors (Lipinski definition) is 3. The Bertz CT molecular complexity index is 1610. The van der Waals surface area contributed by atoms with Crippen LogP contribution < -0.4 is 9.05 Å². The van der Waals surface area contributed by atoms with Gasteiger partial charge in [0, 0.05) is 5.56 Å². The minimum atomic E-state index is -1.68. The van der Waals surface area contributed by atoms with Crippen LogP contribution >= 0.6 is 8.60 Å². The summed E-state index contributed by atoms with van der Waals surface area (Å²) in [5.74, 6) is 1.67. The lowest BCUT2D eigenvalue weighted by Crippen LogP contribution is -2.22.